The number of aromatic amines is 1. The van der Waals surface area contributed by atoms with Crippen molar-refractivity contribution >= 4 is 34.0 Å². The highest BCUT2D eigenvalue weighted by Gasteiger charge is 2.31. The standard InChI is InChI=1S/C24H15F3N2O/c25-24(26,27)30-16-11-9-15(10-12-16)23(19-13-28-21-7-3-1-5-17(19)21)20-14-29-22-8-4-2-6-18(20)22/h1-14,28H/b23-20+. The number of fused-ring (bicyclic) bond motifs is 2. The number of benzene rings is 3. The van der Waals surface area contributed by atoms with Crippen molar-refractivity contribution in [3.05, 3.63) is 95.7 Å². The number of halogens is 3. The Morgan fingerprint density at radius 2 is 1.60 bits per heavy atom. The van der Waals surface area contributed by atoms with Crippen LogP contribution >= 0.6 is 0 Å². The lowest BCUT2D eigenvalue weighted by molar-refractivity contribution is -0.274. The summed E-state index contributed by atoms with van der Waals surface area (Å²) in [5.41, 5.74) is 6.35. The third kappa shape index (κ3) is 3.26. The highest BCUT2D eigenvalue weighted by molar-refractivity contribution is 6.27. The fourth-order valence-corrected chi connectivity index (χ4v) is 3.77. The van der Waals surface area contributed by atoms with Gasteiger partial charge in [-0.2, -0.15) is 0 Å². The number of alkyl halides is 3. The second-order valence-electron chi connectivity index (χ2n) is 6.88. The predicted octanol–water partition coefficient (Wildman–Crippen LogP) is 6.74. The zero-order chi connectivity index (χ0) is 20.7. The van der Waals surface area contributed by atoms with Crippen LogP contribution in [0, 0.1) is 0 Å². The highest BCUT2D eigenvalue weighted by atomic mass is 19.4. The lowest BCUT2D eigenvalue weighted by Gasteiger charge is -2.13. The van der Waals surface area contributed by atoms with E-state index in [2.05, 4.69) is 14.7 Å². The Hall–Kier alpha value is -3.80. The van der Waals surface area contributed by atoms with E-state index in [0.717, 1.165) is 44.4 Å². The van der Waals surface area contributed by atoms with Gasteiger partial charge in [0, 0.05) is 45.6 Å². The fourth-order valence-electron chi connectivity index (χ4n) is 3.77. The van der Waals surface area contributed by atoms with Crippen LogP contribution in [0.25, 0.3) is 22.0 Å². The second kappa shape index (κ2) is 6.91. The number of allylic oxidation sites excluding steroid dienone is 1. The number of H-pyrrole nitrogens is 1. The van der Waals surface area contributed by atoms with E-state index in [4.69, 9.17) is 0 Å². The molecule has 0 spiro atoms. The summed E-state index contributed by atoms with van der Waals surface area (Å²) in [5.74, 6) is -0.255. The Labute approximate surface area is 170 Å². The number of aliphatic imine (C=N–C) groups is 1. The van der Waals surface area contributed by atoms with Gasteiger partial charge in [0.2, 0.25) is 0 Å². The molecule has 2 heterocycles. The normalized spacial score (nSPS) is 14.8. The Bertz CT molecular complexity index is 1300. The van der Waals surface area contributed by atoms with Crippen LogP contribution in [-0.4, -0.2) is 17.6 Å². The minimum absolute atomic E-state index is 0.255. The minimum atomic E-state index is -4.73. The SMILES string of the molecule is FC(F)(F)Oc1ccc(/C(=C2/C=Nc3ccccc32)c2c[nH]c3ccccc23)cc1. The third-order valence-corrected chi connectivity index (χ3v) is 5.03. The molecular formula is C24H15F3N2O. The summed E-state index contributed by atoms with van der Waals surface area (Å²) in [4.78, 5) is 7.79. The van der Waals surface area contributed by atoms with E-state index >= 15 is 0 Å². The van der Waals surface area contributed by atoms with E-state index < -0.39 is 6.36 Å². The number of ether oxygens (including phenoxy) is 1. The topological polar surface area (TPSA) is 37.4 Å². The van der Waals surface area contributed by atoms with Gasteiger partial charge in [-0.25, -0.2) is 0 Å². The van der Waals surface area contributed by atoms with E-state index in [1.807, 2.05) is 60.9 Å². The van der Waals surface area contributed by atoms with Crippen LogP contribution in [0.1, 0.15) is 16.7 Å². The Kier molecular flexibility index (Phi) is 4.20. The summed E-state index contributed by atoms with van der Waals surface area (Å²) in [6.45, 7) is 0. The van der Waals surface area contributed by atoms with Crippen LogP contribution in [0.5, 0.6) is 5.75 Å². The number of hydrogen-bond donors (Lipinski definition) is 1. The summed E-state index contributed by atoms with van der Waals surface area (Å²) in [6.07, 6.45) is -1.000. The molecule has 0 bridgehead atoms. The van der Waals surface area contributed by atoms with E-state index in [1.165, 1.54) is 12.1 Å². The number of nitrogens with zero attached hydrogens (tertiary/aromatic N) is 1. The fraction of sp³-hybridized carbons (Fsp3) is 0.0417. The van der Waals surface area contributed by atoms with Crippen LogP contribution in [0.3, 0.4) is 0 Å². The Balaban J connectivity index is 1.71. The van der Waals surface area contributed by atoms with Crippen molar-refractivity contribution in [1.29, 1.82) is 0 Å². The molecule has 3 nitrogen and oxygen atoms in total. The molecule has 5 rings (SSSR count). The molecule has 4 aromatic rings. The molecule has 0 fully saturated rings. The summed E-state index contributed by atoms with van der Waals surface area (Å²) >= 11 is 0. The largest absolute Gasteiger partial charge is 0.573 e. The number of rotatable bonds is 3. The highest BCUT2D eigenvalue weighted by Crippen LogP contribution is 2.41. The molecule has 1 N–H and O–H groups in total. The maximum atomic E-state index is 12.6. The van der Waals surface area contributed by atoms with Crippen LogP contribution in [0.15, 0.2) is 84.0 Å². The van der Waals surface area contributed by atoms with Gasteiger partial charge in [0.05, 0.1) is 5.69 Å². The van der Waals surface area contributed by atoms with E-state index in [9.17, 15) is 13.2 Å². The molecule has 30 heavy (non-hydrogen) atoms. The molecule has 0 amide bonds. The average Bonchev–Trinajstić information content (AvgIpc) is 3.34. The van der Waals surface area contributed by atoms with Crippen molar-refractivity contribution < 1.29 is 17.9 Å². The predicted molar refractivity (Wildman–Crippen MR) is 112 cm³/mol. The van der Waals surface area contributed by atoms with Crippen molar-refractivity contribution in [1.82, 2.24) is 4.98 Å². The second-order valence-corrected chi connectivity index (χ2v) is 6.88. The van der Waals surface area contributed by atoms with Crippen LogP contribution in [0.4, 0.5) is 18.9 Å². The average molecular weight is 404 g/mol. The number of aromatic nitrogens is 1. The van der Waals surface area contributed by atoms with Crippen molar-refractivity contribution in [2.45, 2.75) is 6.36 Å². The van der Waals surface area contributed by atoms with Crippen LogP contribution in [-0.2, 0) is 0 Å². The molecule has 0 saturated heterocycles. The van der Waals surface area contributed by atoms with Gasteiger partial charge in [-0.05, 0) is 29.8 Å². The number of para-hydroxylation sites is 2. The van der Waals surface area contributed by atoms with Gasteiger partial charge in [-0.1, -0.05) is 48.5 Å². The molecule has 0 unspecified atom stereocenters. The molecule has 0 aliphatic carbocycles. The van der Waals surface area contributed by atoms with Crippen molar-refractivity contribution in [2.75, 3.05) is 0 Å². The van der Waals surface area contributed by atoms with Gasteiger partial charge >= 0.3 is 6.36 Å². The molecule has 1 aliphatic rings. The third-order valence-electron chi connectivity index (χ3n) is 5.03. The first-order valence-electron chi connectivity index (χ1n) is 9.30. The smallest absolute Gasteiger partial charge is 0.406 e. The van der Waals surface area contributed by atoms with Crippen molar-refractivity contribution in [3.63, 3.8) is 0 Å². The molecule has 0 atom stereocenters. The molecule has 1 aliphatic heterocycles. The Morgan fingerprint density at radius 1 is 0.867 bits per heavy atom. The molecule has 1 aromatic heterocycles. The van der Waals surface area contributed by atoms with Gasteiger partial charge < -0.3 is 9.72 Å². The Morgan fingerprint density at radius 3 is 2.40 bits per heavy atom. The van der Waals surface area contributed by atoms with Gasteiger partial charge in [0.1, 0.15) is 5.75 Å². The number of nitrogens with one attached hydrogen (secondary N) is 1. The van der Waals surface area contributed by atoms with Gasteiger partial charge in [-0.15, -0.1) is 13.2 Å². The quantitative estimate of drug-likeness (QED) is 0.403. The lowest BCUT2D eigenvalue weighted by atomic mass is 9.90. The molecular weight excluding hydrogens is 389 g/mol. The molecule has 148 valence electrons. The monoisotopic (exact) mass is 404 g/mol. The van der Waals surface area contributed by atoms with Gasteiger partial charge in [-0.3, -0.25) is 4.99 Å². The molecule has 3 aromatic carbocycles. The summed E-state index contributed by atoms with van der Waals surface area (Å²) in [7, 11) is 0. The first-order valence-corrected chi connectivity index (χ1v) is 9.30. The first-order chi connectivity index (χ1) is 14.5. The van der Waals surface area contributed by atoms with Gasteiger partial charge in [0.15, 0.2) is 0 Å². The lowest BCUT2D eigenvalue weighted by Crippen LogP contribution is -2.17. The minimum Gasteiger partial charge on any atom is -0.406 e. The van der Waals surface area contributed by atoms with E-state index in [0.29, 0.717) is 0 Å². The van der Waals surface area contributed by atoms with Gasteiger partial charge in [0.25, 0.3) is 0 Å². The number of hydrogen-bond acceptors (Lipinski definition) is 2. The first kappa shape index (κ1) is 18.2. The van der Waals surface area contributed by atoms with Crippen LogP contribution in [0.2, 0.25) is 0 Å². The summed E-state index contributed by atoms with van der Waals surface area (Å²) < 4.78 is 41.7. The maximum absolute atomic E-state index is 12.6. The summed E-state index contributed by atoms with van der Waals surface area (Å²) in [5, 5.41) is 1.02. The molecule has 0 radical (unpaired) electrons. The zero-order valence-electron chi connectivity index (χ0n) is 15.6. The maximum Gasteiger partial charge on any atom is 0.573 e. The van der Waals surface area contributed by atoms with Crippen molar-refractivity contribution in [2.24, 2.45) is 4.99 Å². The van der Waals surface area contributed by atoms with Crippen molar-refractivity contribution in [3.8, 4) is 5.75 Å². The zero-order valence-corrected chi connectivity index (χ0v) is 15.6. The van der Waals surface area contributed by atoms with E-state index in [-0.39, 0.29) is 5.75 Å². The molecule has 6 heteroatoms. The van der Waals surface area contributed by atoms with Crippen LogP contribution < -0.4 is 4.74 Å². The van der Waals surface area contributed by atoms with E-state index in [1.54, 1.807) is 12.1 Å². The molecule has 0 saturated carbocycles. The summed E-state index contributed by atoms with van der Waals surface area (Å²) in [6, 6.07) is 21.6.